The number of carbonyl (C=O) groups is 2. The Bertz CT molecular complexity index is 1410. The van der Waals surface area contributed by atoms with Gasteiger partial charge in [-0.3, -0.25) is 9.59 Å². The van der Waals surface area contributed by atoms with Crippen molar-refractivity contribution >= 4 is 39.1 Å². The van der Waals surface area contributed by atoms with Gasteiger partial charge in [0, 0.05) is 0 Å². The molecule has 0 aliphatic heterocycles. The van der Waals surface area contributed by atoms with Gasteiger partial charge in [-0.15, -0.1) is 11.3 Å². The van der Waals surface area contributed by atoms with E-state index in [1.165, 1.54) is 0 Å². The van der Waals surface area contributed by atoms with E-state index >= 15 is 0 Å². The van der Waals surface area contributed by atoms with E-state index in [2.05, 4.69) is 15.3 Å². The molecule has 0 aliphatic rings. The first-order chi connectivity index (χ1) is 15.8. The quantitative estimate of drug-likeness (QED) is 0.408. The molecule has 0 spiro atoms. The molecule has 2 heterocycles. The molecule has 9 heteroatoms. The molecule has 0 radical (unpaired) electrons. The van der Waals surface area contributed by atoms with Gasteiger partial charge >= 0.3 is 5.97 Å². The number of carbonyl (C=O) groups excluding carboxylic acids is 2. The third-order valence-electron chi connectivity index (χ3n) is 4.85. The molecule has 0 bridgehead atoms. The number of esters is 1. The number of hydrogen-bond acceptors (Lipinski definition) is 7. The van der Waals surface area contributed by atoms with Crippen molar-refractivity contribution in [1.82, 2.24) is 9.97 Å². The van der Waals surface area contributed by atoms with Crippen molar-refractivity contribution < 1.29 is 19.1 Å². The van der Waals surface area contributed by atoms with Crippen LogP contribution < -0.4 is 15.6 Å². The predicted molar refractivity (Wildman–Crippen MR) is 126 cm³/mol. The molecule has 4 aromatic rings. The van der Waals surface area contributed by atoms with Crippen molar-refractivity contribution in [3.8, 4) is 11.5 Å². The van der Waals surface area contributed by atoms with E-state index in [1.54, 1.807) is 38.1 Å². The lowest BCUT2D eigenvalue weighted by atomic mass is 10.2. The monoisotopic (exact) mass is 463 g/mol. The summed E-state index contributed by atoms with van der Waals surface area (Å²) in [6.45, 7) is 4.81. The number of benzene rings is 2. The number of rotatable bonds is 6. The number of ether oxygens (including phenoxy) is 2. The number of H-pyrrole nitrogens is 1. The zero-order valence-electron chi connectivity index (χ0n) is 18.2. The van der Waals surface area contributed by atoms with Crippen molar-refractivity contribution in [2.75, 3.05) is 11.9 Å². The average molecular weight is 464 g/mol. The molecule has 168 valence electrons. The van der Waals surface area contributed by atoms with E-state index in [0.29, 0.717) is 38.8 Å². The molecule has 4 rings (SSSR count). The van der Waals surface area contributed by atoms with Gasteiger partial charge in [0.2, 0.25) is 0 Å². The fourth-order valence-electron chi connectivity index (χ4n) is 3.22. The summed E-state index contributed by atoms with van der Waals surface area (Å²) in [7, 11) is 0. The third-order valence-corrected chi connectivity index (χ3v) is 6.01. The summed E-state index contributed by atoms with van der Waals surface area (Å²) in [5, 5.41) is 3.05. The predicted octanol–water partition coefficient (Wildman–Crippen LogP) is 4.50. The SMILES string of the molecule is Cc1ccc(Oc2ccccc2NC(=O)COC(=O)c2sc3nc(C)[nH]c(=O)c3c2C)cc1. The molecule has 0 saturated carbocycles. The third kappa shape index (κ3) is 4.93. The number of anilines is 1. The normalized spacial score (nSPS) is 10.8. The summed E-state index contributed by atoms with van der Waals surface area (Å²) in [5.74, 6) is 0.343. The van der Waals surface area contributed by atoms with Crippen LogP contribution in [0.3, 0.4) is 0 Å². The molecule has 0 fully saturated rings. The minimum Gasteiger partial charge on any atom is -0.455 e. The Morgan fingerprint density at radius 2 is 1.79 bits per heavy atom. The molecule has 2 aromatic carbocycles. The van der Waals surface area contributed by atoms with Crippen LogP contribution in [0.1, 0.15) is 26.6 Å². The van der Waals surface area contributed by atoms with Crippen LogP contribution in [-0.2, 0) is 9.53 Å². The van der Waals surface area contributed by atoms with Crippen molar-refractivity contribution in [2.24, 2.45) is 0 Å². The van der Waals surface area contributed by atoms with Crippen molar-refractivity contribution in [1.29, 1.82) is 0 Å². The van der Waals surface area contributed by atoms with E-state index in [1.807, 2.05) is 31.2 Å². The maximum Gasteiger partial charge on any atom is 0.349 e. The zero-order valence-corrected chi connectivity index (χ0v) is 19.0. The number of aromatic amines is 1. The molecule has 0 unspecified atom stereocenters. The van der Waals surface area contributed by atoms with Crippen LogP contribution in [0.5, 0.6) is 11.5 Å². The highest BCUT2D eigenvalue weighted by Crippen LogP contribution is 2.30. The summed E-state index contributed by atoms with van der Waals surface area (Å²) in [5.41, 5.74) is 1.72. The number of fused-ring (bicyclic) bond motifs is 1. The lowest BCUT2D eigenvalue weighted by molar-refractivity contribution is -0.119. The topological polar surface area (TPSA) is 110 Å². The summed E-state index contributed by atoms with van der Waals surface area (Å²) < 4.78 is 11.1. The lowest BCUT2D eigenvalue weighted by Gasteiger charge is -2.12. The van der Waals surface area contributed by atoms with Gasteiger partial charge in [0.15, 0.2) is 12.4 Å². The van der Waals surface area contributed by atoms with Gasteiger partial charge in [-0.25, -0.2) is 9.78 Å². The van der Waals surface area contributed by atoms with Gasteiger partial charge in [0.05, 0.1) is 11.1 Å². The zero-order chi connectivity index (χ0) is 23.5. The minimum atomic E-state index is -0.688. The van der Waals surface area contributed by atoms with Crippen LogP contribution in [0.2, 0.25) is 0 Å². The molecule has 2 aromatic heterocycles. The molecular formula is C24H21N3O5S. The lowest BCUT2D eigenvalue weighted by Crippen LogP contribution is -2.21. The highest BCUT2D eigenvalue weighted by Gasteiger charge is 2.21. The first kappa shape index (κ1) is 22.2. The first-order valence-electron chi connectivity index (χ1n) is 10.1. The van der Waals surface area contributed by atoms with Crippen LogP contribution in [0, 0.1) is 20.8 Å². The van der Waals surface area contributed by atoms with E-state index in [9.17, 15) is 14.4 Å². The van der Waals surface area contributed by atoms with Crippen molar-refractivity contribution in [2.45, 2.75) is 20.8 Å². The average Bonchev–Trinajstić information content (AvgIpc) is 3.11. The fourth-order valence-corrected chi connectivity index (χ4v) is 4.34. The molecule has 0 atom stereocenters. The highest BCUT2D eigenvalue weighted by molar-refractivity contribution is 7.20. The molecule has 8 nitrogen and oxygen atoms in total. The maximum atomic E-state index is 12.6. The van der Waals surface area contributed by atoms with Crippen molar-refractivity contribution in [3.05, 3.63) is 80.7 Å². The van der Waals surface area contributed by atoms with Crippen LogP contribution in [-0.4, -0.2) is 28.5 Å². The van der Waals surface area contributed by atoms with Crippen LogP contribution in [0.4, 0.5) is 5.69 Å². The molecular weight excluding hydrogens is 442 g/mol. The molecule has 1 amide bonds. The Balaban J connectivity index is 1.43. The van der Waals surface area contributed by atoms with Gasteiger partial charge in [-0.2, -0.15) is 0 Å². The van der Waals surface area contributed by atoms with E-state index in [4.69, 9.17) is 9.47 Å². The maximum absolute atomic E-state index is 12.6. The second-order valence-electron chi connectivity index (χ2n) is 7.42. The summed E-state index contributed by atoms with van der Waals surface area (Å²) in [6.07, 6.45) is 0. The Morgan fingerprint density at radius 3 is 2.55 bits per heavy atom. The standard InChI is InChI=1S/C24H21N3O5S/c1-13-8-10-16(11-9-13)32-18-7-5-4-6-17(18)27-19(28)12-31-24(30)21-14(2)20-22(29)25-15(3)26-23(20)33-21/h4-11H,12H2,1-3H3,(H,27,28)(H,25,26,29). The molecule has 0 aliphatic carbocycles. The van der Waals surface area contributed by atoms with Gasteiger partial charge in [-0.1, -0.05) is 29.8 Å². The van der Waals surface area contributed by atoms with Gasteiger partial charge in [0.25, 0.3) is 11.5 Å². The smallest absolute Gasteiger partial charge is 0.349 e. The number of amides is 1. The van der Waals surface area contributed by atoms with Crippen molar-refractivity contribution in [3.63, 3.8) is 0 Å². The Labute approximate surface area is 193 Å². The highest BCUT2D eigenvalue weighted by atomic mass is 32.1. The van der Waals surface area contributed by atoms with Gasteiger partial charge in [0.1, 0.15) is 21.3 Å². The molecule has 0 saturated heterocycles. The number of para-hydroxylation sites is 2. The van der Waals surface area contributed by atoms with E-state index in [-0.39, 0.29) is 10.4 Å². The Kier molecular flexibility index (Phi) is 6.23. The van der Waals surface area contributed by atoms with Gasteiger partial charge in [-0.05, 0) is 50.6 Å². The second-order valence-corrected chi connectivity index (χ2v) is 8.42. The Hall–Kier alpha value is -3.98. The number of thiophene rings is 1. The van der Waals surface area contributed by atoms with Crippen LogP contribution in [0.25, 0.3) is 10.2 Å². The van der Waals surface area contributed by atoms with E-state index < -0.39 is 18.5 Å². The second kappa shape index (κ2) is 9.25. The van der Waals surface area contributed by atoms with E-state index in [0.717, 1.165) is 16.9 Å². The minimum absolute atomic E-state index is 0.240. The fraction of sp³-hybridized carbons (Fsp3) is 0.167. The molecule has 33 heavy (non-hydrogen) atoms. The summed E-state index contributed by atoms with van der Waals surface area (Å²) >= 11 is 1.06. The first-order valence-corrected chi connectivity index (χ1v) is 10.9. The van der Waals surface area contributed by atoms with Gasteiger partial charge < -0.3 is 19.8 Å². The van der Waals surface area contributed by atoms with Crippen LogP contribution in [0.15, 0.2) is 53.3 Å². The number of aromatic nitrogens is 2. The largest absolute Gasteiger partial charge is 0.455 e. The molecule has 2 N–H and O–H groups in total. The number of nitrogens with one attached hydrogen (secondary N) is 2. The number of aryl methyl sites for hydroxylation is 3. The Morgan fingerprint density at radius 1 is 1.06 bits per heavy atom. The number of nitrogens with zero attached hydrogens (tertiary/aromatic N) is 1. The summed E-state index contributed by atoms with van der Waals surface area (Å²) in [4.78, 5) is 44.8. The summed E-state index contributed by atoms with van der Waals surface area (Å²) in [6, 6.07) is 14.5. The van der Waals surface area contributed by atoms with Crippen LogP contribution >= 0.6 is 11.3 Å². The number of hydrogen-bond donors (Lipinski definition) is 2.